The van der Waals surface area contributed by atoms with Gasteiger partial charge in [-0.1, -0.05) is 35.9 Å². The van der Waals surface area contributed by atoms with E-state index in [0.29, 0.717) is 19.2 Å². The summed E-state index contributed by atoms with van der Waals surface area (Å²) in [6.07, 6.45) is 5.83. The van der Waals surface area contributed by atoms with Crippen LogP contribution in [0.15, 0.2) is 36.4 Å². The fraction of sp³-hybridized carbons (Fsp3) is 0.462. The predicted molar refractivity (Wildman–Crippen MR) is 134 cm³/mol. The zero-order chi connectivity index (χ0) is 22.4. The number of rotatable bonds is 5. The van der Waals surface area contributed by atoms with Crippen LogP contribution in [0.4, 0.5) is 11.5 Å². The number of hydrogen-bond acceptors (Lipinski definition) is 6. The normalized spacial score (nSPS) is 19.5. The summed E-state index contributed by atoms with van der Waals surface area (Å²) in [5, 5.41) is 6.33. The van der Waals surface area contributed by atoms with Crippen LogP contribution < -0.4 is 15.0 Å². The minimum Gasteiger partial charge on any atom is -0.461 e. The largest absolute Gasteiger partial charge is 0.461 e. The molecule has 172 valence electrons. The Labute approximate surface area is 199 Å². The van der Waals surface area contributed by atoms with E-state index in [9.17, 15) is 0 Å². The molecule has 7 heteroatoms. The lowest BCUT2D eigenvalue weighted by Gasteiger charge is -2.33. The molecule has 0 aliphatic carbocycles. The lowest BCUT2D eigenvalue weighted by molar-refractivity contribution is 0.107. The Kier molecular flexibility index (Phi) is 5.30. The Morgan fingerprint density at radius 3 is 2.64 bits per heavy atom. The molecule has 6 rings (SSSR count). The van der Waals surface area contributed by atoms with Gasteiger partial charge in [0, 0.05) is 30.2 Å². The molecule has 6 nitrogen and oxygen atoms in total. The molecule has 3 aromatic rings. The van der Waals surface area contributed by atoms with Crippen molar-refractivity contribution in [1.82, 2.24) is 14.9 Å². The van der Waals surface area contributed by atoms with E-state index < -0.39 is 0 Å². The highest BCUT2D eigenvalue weighted by atomic mass is 35.5. The summed E-state index contributed by atoms with van der Waals surface area (Å²) in [4.78, 5) is 14.6. The summed E-state index contributed by atoms with van der Waals surface area (Å²) in [6.45, 7) is 4.67. The third-order valence-corrected chi connectivity index (χ3v) is 8.05. The Balaban J connectivity index is 1.29. The summed E-state index contributed by atoms with van der Waals surface area (Å²) in [5.41, 5.74) is 3.56. The molecule has 1 N–H and O–H groups in total. The van der Waals surface area contributed by atoms with E-state index in [1.165, 1.54) is 44.3 Å². The first-order valence-electron chi connectivity index (χ1n) is 12.0. The van der Waals surface area contributed by atoms with Crippen molar-refractivity contribution in [1.29, 1.82) is 0 Å². The van der Waals surface area contributed by atoms with Crippen molar-refractivity contribution in [3.8, 4) is 6.01 Å². The van der Waals surface area contributed by atoms with E-state index in [1.807, 2.05) is 19.2 Å². The van der Waals surface area contributed by atoms with Crippen LogP contribution in [-0.4, -0.2) is 53.7 Å². The molecular weight excluding hydrogens is 434 g/mol. The van der Waals surface area contributed by atoms with Crippen LogP contribution in [0.2, 0.25) is 5.02 Å². The van der Waals surface area contributed by atoms with Crippen molar-refractivity contribution in [2.24, 2.45) is 0 Å². The fourth-order valence-corrected chi connectivity index (χ4v) is 6.36. The Hall–Kier alpha value is -2.57. The van der Waals surface area contributed by atoms with E-state index in [1.54, 1.807) is 0 Å². The van der Waals surface area contributed by atoms with Gasteiger partial charge in [-0.3, -0.25) is 4.90 Å². The van der Waals surface area contributed by atoms with Crippen LogP contribution in [0.5, 0.6) is 6.01 Å². The maximum atomic E-state index is 6.62. The Bertz CT molecular complexity index is 1180. The van der Waals surface area contributed by atoms with Crippen LogP contribution in [0.1, 0.15) is 36.9 Å². The van der Waals surface area contributed by atoms with E-state index in [4.69, 9.17) is 26.3 Å². The van der Waals surface area contributed by atoms with Gasteiger partial charge in [0.2, 0.25) is 0 Å². The molecule has 2 aromatic carbocycles. The van der Waals surface area contributed by atoms with Crippen molar-refractivity contribution in [3.63, 3.8) is 0 Å². The second-order valence-electron chi connectivity index (χ2n) is 9.52. The number of ether oxygens (including phenoxy) is 1. The molecular formula is C26H30ClN5O. The van der Waals surface area contributed by atoms with Crippen LogP contribution in [-0.2, 0) is 13.0 Å². The zero-order valence-electron chi connectivity index (χ0n) is 19.1. The van der Waals surface area contributed by atoms with E-state index in [-0.39, 0.29) is 5.54 Å². The number of aromatic nitrogens is 2. The average Bonchev–Trinajstić information content (AvgIpc) is 3.42. The second kappa shape index (κ2) is 8.33. The number of fused-ring (bicyclic) bond motifs is 3. The van der Waals surface area contributed by atoms with Gasteiger partial charge in [-0.15, -0.1) is 0 Å². The van der Waals surface area contributed by atoms with Gasteiger partial charge in [0.25, 0.3) is 0 Å². The molecule has 2 saturated heterocycles. The van der Waals surface area contributed by atoms with Crippen LogP contribution >= 0.6 is 11.6 Å². The number of anilines is 2. The van der Waals surface area contributed by atoms with Gasteiger partial charge < -0.3 is 15.0 Å². The minimum absolute atomic E-state index is 0.185. The molecule has 0 saturated carbocycles. The highest BCUT2D eigenvalue weighted by Crippen LogP contribution is 2.39. The molecule has 2 fully saturated rings. The number of halogens is 1. The summed E-state index contributed by atoms with van der Waals surface area (Å²) >= 11 is 6.62. The maximum Gasteiger partial charge on any atom is 0.318 e. The topological polar surface area (TPSA) is 53.5 Å². The number of nitrogens with one attached hydrogen (secondary N) is 1. The lowest BCUT2D eigenvalue weighted by Crippen LogP contribution is -2.43. The third-order valence-electron chi connectivity index (χ3n) is 7.74. The number of nitrogens with zero attached hydrogens (tertiary/aromatic N) is 4. The second-order valence-corrected chi connectivity index (χ2v) is 9.93. The summed E-state index contributed by atoms with van der Waals surface area (Å²) in [7, 11) is 1.93. The molecule has 0 amide bonds. The first-order valence-corrected chi connectivity index (χ1v) is 12.4. The highest BCUT2D eigenvalue weighted by molar-refractivity contribution is 6.36. The van der Waals surface area contributed by atoms with Crippen LogP contribution in [0, 0.1) is 0 Å². The molecule has 0 radical (unpaired) electrons. The summed E-state index contributed by atoms with van der Waals surface area (Å²) < 4.78 is 6.29. The van der Waals surface area contributed by atoms with E-state index in [0.717, 1.165) is 46.0 Å². The van der Waals surface area contributed by atoms with Gasteiger partial charge in [-0.2, -0.15) is 9.97 Å². The molecule has 3 aliphatic heterocycles. The van der Waals surface area contributed by atoms with Gasteiger partial charge in [0.15, 0.2) is 0 Å². The Morgan fingerprint density at radius 2 is 1.85 bits per heavy atom. The highest BCUT2D eigenvalue weighted by Gasteiger charge is 2.45. The molecule has 0 atom stereocenters. The van der Waals surface area contributed by atoms with Crippen LogP contribution in [0.3, 0.4) is 0 Å². The molecule has 0 spiro atoms. The van der Waals surface area contributed by atoms with Gasteiger partial charge >= 0.3 is 6.01 Å². The summed E-state index contributed by atoms with van der Waals surface area (Å²) in [6, 6.07) is 13.0. The van der Waals surface area contributed by atoms with Crippen LogP contribution in [0.25, 0.3) is 10.8 Å². The van der Waals surface area contributed by atoms with Crippen molar-refractivity contribution in [3.05, 3.63) is 52.7 Å². The molecule has 0 bridgehead atoms. The smallest absolute Gasteiger partial charge is 0.318 e. The maximum absolute atomic E-state index is 6.62. The van der Waals surface area contributed by atoms with Gasteiger partial charge in [-0.25, -0.2) is 0 Å². The lowest BCUT2D eigenvalue weighted by atomic mass is 9.95. The van der Waals surface area contributed by atoms with Crippen molar-refractivity contribution in [2.45, 2.75) is 44.2 Å². The third kappa shape index (κ3) is 3.60. The Morgan fingerprint density at radius 1 is 1.06 bits per heavy atom. The molecule has 33 heavy (non-hydrogen) atoms. The minimum atomic E-state index is 0.185. The van der Waals surface area contributed by atoms with E-state index >= 15 is 0 Å². The number of benzene rings is 2. The van der Waals surface area contributed by atoms with Gasteiger partial charge in [0.05, 0.1) is 22.8 Å². The van der Waals surface area contributed by atoms with Crippen molar-refractivity contribution < 1.29 is 4.74 Å². The molecule has 3 aliphatic rings. The predicted octanol–water partition coefficient (Wildman–Crippen LogP) is 4.89. The summed E-state index contributed by atoms with van der Waals surface area (Å²) in [5.74, 6) is 0.887. The van der Waals surface area contributed by atoms with Gasteiger partial charge in [-0.05, 0) is 62.7 Å². The van der Waals surface area contributed by atoms with Gasteiger partial charge in [0.1, 0.15) is 12.4 Å². The van der Waals surface area contributed by atoms with E-state index in [2.05, 4.69) is 39.4 Å². The quantitative estimate of drug-likeness (QED) is 0.581. The standard InChI is InChI=1S/C26H30ClN5O/c1-28-24-19-10-15-31(22-9-3-7-18-6-2-8-20(27)23(18)22)16-21(19)29-25(30-24)33-17-26-11-4-13-32(26)14-5-12-26/h2-3,6-9H,4-5,10-17H2,1H3,(H,28,29,30). The molecule has 1 aromatic heterocycles. The first kappa shape index (κ1) is 21.0. The monoisotopic (exact) mass is 463 g/mol. The molecule has 4 heterocycles. The fourth-order valence-electron chi connectivity index (χ4n) is 6.08. The van der Waals surface area contributed by atoms with Crippen molar-refractivity contribution in [2.75, 3.05) is 43.5 Å². The van der Waals surface area contributed by atoms with Crippen molar-refractivity contribution >= 4 is 33.9 Å². The SMILES string of the molecule is CNc1nc(OCC23CCCN2CCC3)nc2c1CCN(c1cccc3cccc(Cl)c13)C2. The number of hydrogen-bond donors (Lipinski definition) is 1. The molecule has 0 unspecified atom stereocenters. The first-order chi connectivity index (χ1) is 16.2. The average molecular weight is 464 g/mol. The zero-order valence-corrected chi connectivity index (χ0v) is 19.9.